The number of amides is 3. The summed E-state index contributed by atoms with van der Waals surface area (Å²) in [4.78, 5) is 49.3. The molecular formula is C24H17ClN6O6. The zero-order chi connectivity index (χ0) is 26.5. The van der Waals surface area contributed by atoms with Gasteiger partial charge < -0.3 is 5.11 Å². The number of para-hydroxylation sites is 1. The Hall–Kier alpha value is -5.23. The highest BCUT2D eigenvalue weighted by Gasteiger charge is 2.31. The van der Waals surface area contributed by atoms with Crippen LogP contribution in [0.3, 0.4) is 0 Å². The van der Waals surface area contributed by atoms with Crippen molar-refractivity contribution >= 4 is 35.2 Å². The third-order valence-corrected chi connectivity index (χ3v) is 5.46. The summed E-state index contributed by atoms with van der Waals surface area (Å²) in [6.45, 7) is 0. The molecule has 0 aliphatic heterocycles. The summed E-state index contributed by atoms with van der Waals surface area (Å²) in [5.41, 5.74) is 6.24. The summed E-state index contributed by atoms with van der Waals surface area (Å²) in [6.07, 6.45) is -1.55. The van der Waals surface area contributed by atoms with Crippen LogP contribution in [-0.2, 0) is 0 Å². The summed E-state index contributed by atoms with van der Waals surface area (Å²) in [7, 11) is 0. The fourth-order valence-electron chi connectivity index (χ4n) is 3.58. The third kappa shape index (κ3) is 5.23. The summed E-state index contributed by atoms with van der Waals surface area (Å²) in [6, 6.07) is 20.2. The lowest BCUT2D eigenvalue weighted by Crippen LogP contribution is -2.43. The van der Waals surface area contributed by atoms with Gasteiger partial charge in [0.1, 0.15) is 5.69 Å². The van der Waals surface area contributed by atoms with E-state index >= 15 is 0 Å². The molecule has 0 saturated heterocycles. The zero-order valence-corrected chi connectivity index (χ0v) is 19.5. The lowest BCUT2D eigenvalue weighted by atomic mass is 9.97. The van der Waals surface area contributed by atoms with Crippen molar-refractivity contribution in [2.45, 2.75) is 0 Å². The van der Waals surface area contributed by atoms with E-state index in [1.54, 1.807) is 42.5 Å². The van der Waals surface area contributed by atoms with Gasteiger partial charge in [-0.2, -0.15) is 9.89 Å². The summed E-state index contributed by atoms with van der Waals surface area (Å²) >= 11 is 6.03. The van der Waals surface area contributed by atoms with Gasteiger partial charge in [-0.3, -0.25) is 30.6 Å². The van der Waals surface area contributed by atoms with Gasteiger partial charge in [0.25, 0.3) is 17.5 Å². The molecule has 1 aromatic heterocycles. The Morgan fingerprint density at radius 1 is 0.892 bits per heavy atom. The second-order valence-corrected chi connectivity index (χ2v) is 7.84. The number of nitro benzene ring substituents is 1. The Kier molecular flexibility index (Phi) is 7.11. The number of nitro groups is 1. The van der Waals surface area contributed by atoms with E-state index in [1.165, 1.54) is 36.4 Å². The van der Waals surface area contributed by atoms with E-state index in [-0.39, 0.29) is 33.1 Å². The molecule has 186 valence electrons. The minimum absolute atomic E-state index is 0.00683. The normalized spacial score (nSPS) is 10.4. The lowest BCUT2D eigenvalue weighted by molar-refractivity contribution is -0.384. The quantitative estimate of drug-likeness (QED) is 0.219. The number of nitrogens with zero attached hydrogens (tertiary/aromatic N) is 3. The number of hydrogen-bond donors (Lipinski definition) is 4. The molecular weight excluding hydrogens is 504 g/mol. The Morgan fingerprint density at radius 2 is 1.51 bits per heavy atom. The largest absolute Gasteiger partial charge is 0.464 e. The number of hydrazine groups is 1. The molecule has 4 aromatic rings. The average molecular weight is 521 g/mol. The highest BCUT2D eigenvalue weighted by atomic mass is 35.5. The van der Waals surface area contributed by atoms with Crippen LogP contribution >= 0.6 is 11.6 Å². The number of carbonyl (C=O) groups excluding carboxylic acids is 2. The number of carbonyl (C=O) groups is 3. The fraction of sp³-hybridized carbons (Fsp3) is 0. The van der Waals surface area contributed by atoms with Gasteiger partial charge in [0.2, 0.25) is 0 Å². The molecule has 0 bridgehead atoms. The topological polar surface area (TPSA) is 168 Å². The van der Waals surface area contributed by atoms with Crippen LogP contribution in [0.1, 0.15) is 20.8 Å². The van der Waals surface area contributed by atoms with Crippen molar-refractivity contribution < 1.29 is 24.4 Å². The first-order valence-corrected chi connectivity index (χ1v) is 10.9. The monoisotopic (exact) mass is 520 g/mol. The Morgan fingerprint density at radius 3 is 2.19 bits per heavy atom. The first-order chi connectivity index (χ1) is 17.8. The molecule has 37 heavy (non-hydrogen) atoms. The smallest absolute Gasteiger partial charge is 0.425 e. The van der Waals surface area contributed by atoms with E-state index in [2.05, 4.69) is 16.0 Å². The van der Waals surface area contributed by atoms with E-state index in [0.29, 0.717) is 10.4 Å². The van der Waals surface area contributed by atoms with Crippen LogP contribution in [0, 0.1) is 10.1 Å². The molecule has 3 amide bonds. The second kappa shape index (κ2) is 10.6. The highest BCUT2D eigenvalue weighted by molar-refractivity contribution is 6.33. The maximum Gasteiger partial charge on any atom is 0.425 e. The standard InChI is InChI=1S/C24H17ClN6O6/c25-17-12-6-4-10-15(17)22(32)26-27-23(33)21-19(16-11-5-7-13-18(16)31(36)37)20(14-8-2-1-3-9-14)28-30(21)29-24(34)35/h1-13,29H,(H,26,32)(H,27,33)(H,34,35). The SMILES string of the molecule is O=C(O)Nn1nc(-c2ccccc2)c(-c2ccccc2[N+](=O)[O-])c1C(=O)NNC(=O)c1ccccc1Cl. The predicted molar refractivity (Wildman–Crippen MR) is 134 cm³/mol. The Balaban J connectivity index is 1.86. The molecule has 0 fully saturated rings. The molecule has 0 spiro atoms. The molecule has 3 aromatic carbocycles. The van der Waals surface area contributed by atoms with E-state index < -0.39 is 28.5 Å². The van der Waals surface area contributed by atoms with Crippen molar-refractivity contribution in [3.05, 3.63) is 105 Å². The van der Waals surface area contributed by atoms with Crippen LogP contribution in [0.4, 0.5) is 10.5 Å². The number of benzene rings is 3. The molecule has 0 aliphatic carbocycles. The highest BCUT2D eigenvalue weighted by Crippen LogP contribution is 2.39. The fourth-order valence-corrected chi connectivity index (χ4v) is 3.80. The van der Waals surface area contributed by atoms with E-state index in [9.17, 15) is 29.6 Å². The summed E-state index contributed by atoms with van der Waals surface area (Å²) < 4.78 is 0. The average Bonchev–Trinajstić information content (AvgIpc) is 3.26. The first-order valence-electron chi connectivity index (χ1n) is 10.5. The van der Waals surface area contributed by atoms with E-state index in [4.69, 9.17) is 11.6 Å². The number of hydrogen-bond acceptors (Lipinski definition) is 6. The maximum absolute atomic E-state index is 13.4. The second-order valence-electron chi connectivity index (χ2n) is 7.43. The summed E-state index contributed by atoms with van der Waals surface area (Å²) in [5.74, 6) is -1.75. The van der Waals surface area contributed by atoms with Gasteiger partial charge in [0.05, 0.1) is 26.6 Å². The molecule has 0 atom stereocenters. The molecule has 0 radical (unpaired) electrons. The van der Waals surface area contributed by atoms with Gasteiger partial charge in [-0.15, -0.1) is 0 Å². The zero-order valence-electron chi connectivity index (χ0n) is 18.7. The summed E-state index contributed by atoms with van der Waals surface area (Å²) in [5, 5.41) is 25.5. The Bertz CT molecular complexity index is 1520. The number of rotatable bonds is 6. The molecule has 4 N–H and O–H groups in total. The molecule has 1 heterocycles. The van der Waals surface area contributed by atoms with Gasteiger partial charge in [0.15, 0.2) is 5.69 Å². The van der Waals surface area contributed by atoms with E-state index in [1.807, 2.05) is 5.43 Å². The molecule has 4 rings (SSSR count). The van der Waals surface area contributed by atoms with E-state index in [0.717, 1.165) is 0 Å². The molecule has 13 heteroatoms. The van der Waals surface area contributed by atoms with Crippen molar-refractivity contribution in [1.29, 1.82) is 0 Å². The van der Waals surface area contributed by atoms with Crippen LogP contribution in [0.15, 0.2) is 78.9 Å². The van der Waals surface area contributed by atoms with Crippen molar-refractivity contribution in [1.82, 2.24) is 20.7 Å². The number of nitrogens with one attached hydrogen (secondary N) is 3. The molecule has 0 aliphatic rings. The molecule has 0 saturated carbocycles. The predicted octanol–water partition coefficient (Wildman–Crippen LogP) is 4.08. The number of aromatic nitrogens is 2. The first kappa shape index (κ1) is 24.9. The minimum atomic E-state index is -1.55. The van der Waals surface area contributed by atoms with Gasteiger partial charge in [0, 0.05) is 11.6 Å². The minimum Gasteiger partial charge on any atom is -0.464 e. The van der Waals surface area contributed by atoms with Crippen LogP contribution in [0.5, 0.6) is 0 Å². The van der Waals surface area contributed by atoms with Gasteiger partial charge in [-0.05, 0) is 18.2 Å². The number of halogens is 1. The van der Waals surface area contributed by atoms with Crippen LogP contribution in [0.2, 0.25) is 5.02 Å². The van der Waals surface area contributed by atoms with Gasteiger partial charge >= 0.3 is 6.09 Å². The molecule has 0 unspecified atom stereocenters. The number of carboxylic acid groups (broad SMARTS) is 1. The van der Waals surface area contributed by atoms with Gasteiger partial charge in [-0.25, -0.2) is 10.2 Å². The Labute approximate surface area is 213 Å². The van der Waals surface area contributed by atoms with Crippen molar-refractivity contribution in [2.24, 2.45) is 0 Å². The van der Waals surface area contributed by atoms with Crippen molar-refractivity contribution in [3.8, 4) is 22.4 Å². The van der Waals surface area contributed by atoms with Gasteiger partial charge in [-0.1, -0.05) is 66.2 Å². The molecule has 12 nitrogen and oxygen atoms in total. The van der Waals surface area contributed by atoms with Crippen LogP contribution < -0.4 is 16.3 Å². The third-order valence-electron chi connectivity index (χ3n) is 5.13. The maximum atomic E-state index is 13.4. The van der Waals surface area contributed by atoms with Crippen molar-refractivity contribution in [2.75, 3.05) is 5.43 Å². The van der Waals surface area contributed by atoms with Crippen LogP contribution in [-0.4, -0.2) is 37.8 Å². The van der Waals surface area contributed by atoms with Crippen LogP contribution in [0.25, 0.3) is 22.4 Å². The van der Waals surface area contributed by atoms with Crippen molar-refractivity contribution in [3.63, 3.8) is 0 Å². The lowest BCUT2D eigenvalue weighted by Gasteiger charge is -2.12.